The van der Waals surface area contributed by atoms with E-state index < -0.39 is 0 Å². The summed E-state index contributed by atoms with van der Waals surface area (Å²) in [7, 11) is 1.72. The van der Waals surface area contributed by atoms with Gasteiger partial charge in [-0.2, -0.15) is 0 Å². The van der Waals surface area contributed by atoms with Crippen molar-refractivity contribution in [1.82, 2.24) is 0 Å². The predicted molar refractivity (Wildman–Crippen MR) is 51.8 cm³/mol. The molecule has 0 amide bonds. The number of rotatable bonds is 6. The molecule has 0 aliphatic carbocycles. The molecule has 0 spiro atoms. The fraction of sp³-hybridized carbons (Fsp3) is 0.800. The molecule has 2 N–H and O–H groups in total. The number of nitrogens with two attached hydrogens (primary N) is 1. The van der Waals surface area contributed by atoms with Crippen LogP contribution in [0.4, 0.5) is 0 Å². The predicted octanol–water partition coefficient (Wildman–Crippen LogP) is 1.54. The summed E-state index contributed by atoms with van der Waals surface area (Å²) in [5.74, 6) is 5.87. The molecular weight excluding hydrogens is 150 g/mol. The second kappa shape index (κ2) is 8.58. The number of ether oxygens (including phenoxy) is 1. The Morgan fingerprint density at radius 3 is 2.75 bits per heavy atom. The van der Waals surface area contributed by atoms with Crippen LogP contribution >= 0.6 is 0 Å². The van der Waals surface area contributed by atoms with Gasteiger partial charge in [-0.15, -0.1) is 11.8 Å². The molecule has 2 nitrogen and oxygen atoms in total. The van der Waals surface area contributed by atoms with E-state index in [0.717, 1.165) is 32.3 Å². The smallest absolute Gasteiger partial charge is 0.0462 e. The standard InChI is InChI=1S/C10H19NO/c1-3-4-5-7-10(11)8-6-9-12-2/h10H,5-9,11H2,1-2H3. The largest absolute Gasteiger partial charge is 0.385 e. The Bertz CT molecular complexity index is 146. The van der Waals surface area contributed by atoms with Crippen LogP contribution in [0.5, 0.6) is 0 Å². The van der Waals surface area contributed by atoms with Gasteiger partial charge in [0.1, 0.15) is 0 Å². The van der Waals surface area contributed by atoms with Crippen LogP contribution in [0.25, 0.3) is 0 Å². The molecule has 70 valence electrons. The number of hydrogen-bond acceptors (Lipinski definition) is 2. The second-order valence-corrected chi connectivity index (χ2v) is 2.86. The van der Waals surface area contributed by atoms with Crippen molar-refractivity contribution in [3.8, 4) is 11.8 Å². The molecular formula is C10H19NO. The van der Waals surface area contributed by atoms with Gasteiger partial charge in [-0.05, 0) is 26.2 Å². The highest BCUT2D eigenvalue weighted by Crippen LogP contribution is 2.01. The molecule has 0 aromatic heterocycles. The van der Waals surface area contributed by atoms with Gasteiger partial charge in [-0.3, -0.25) is 0 Å². The Hall–Kier alpha value is -0.520. The third kappa shape index (κ3) is 7.59. The summed E-state index contributed by atoms with van der Waals surface area (Å²) >= 11 is 0. The molecule has 1 atom stereocenters. The summed E-state index contributed by atoms with van der Waals surface area (Å²) < 4.78 is 4.93. The van der Waals surface area contributed by atoms with Gasteiger partial charge < -0.3 is 10.5 Å². The lowest BCUT2D eigenvalue weighted by atomic mass is 10.1. The van der Waals surface area contributed by atoms with Crippen molar-refractivity contribution in [3.63, 3.8) is 0 Å². The summed E-state index contributed by atoms with van der Waals surface area (Å²) in [5.41, 5.74) is 5.83. The Labute approximate surface area is 75.5 Å². The fourth-order valence-corrected chi connectivity index (χ4v) is 1.02. The minimum Gasteiger partial charge on any atom is -0.385 e. The molecule has 2 heteroatoms. The van der Waals surface area contributed by atoms with Crippen LogP contribution in [0, 0.1) is 11.8 Å². The molecule has 0 heterocycles. The molecule has 0 aliphatic heterocycles. The van der Waals surface area contributed by atoms with E-state index in [-0.39, 0.29) is 0 Å². The molecule has 12 heavy (non-hydrogen) atoms. The lowest BCUT2D eigenvalue weighted by Crippen LogP contribution is -2.19. The summed E-state index contributed by atoms with van der Waals surface area (Å²) in [6.45, 7) is 2.67. The first kappa shape index (κ1) is 11.5. The molecule has 0 aromatic carbocycles. The maximum absolute atomic E-state index is 5.83. The van der Waals surface area contributed by atoms with Crippen LogP contribution < -0.4 is 5.73 Å². The zero-order chi connectivity index (χ0) is 9.23. The fourth-order valence-electron chi connectivity index (χ4n) is 1.02. The normalized spacial score (nSPS) is 11.9. The zero-order valence-corrected chi connectivity index (χ0v) is 8.10. The average Bonchev–Trinajstić information content (AvgIpc) is 2.06. The quantitative estimate of drug-likeness (QED) is 0.483. The van der Waals surface area contributed by atoms with Gasteiger partial charge in [0.05, 0.1) is 0 Å². The van der Waals surface area contributed by atoms with Crippen LogP contribution in [0.15, 0.2) is 0 Å². The van der Waals surface area contributed by atoms with Crippen LogP contribution in [0.3, 0.4) is 0 Å². The average molecular weight is 169 g/mol. The first-order chi connectivity index (χ1) is 5.81. The SMILES string of the molecule is CC#CCCC(N)CCCOC. The second-order valence-electron chi connectivity index (χ2n) is 2.86. The van der Waals surface area contributed by atoms with E-state index in [1.807, 2.05) is 6.92 Å². The van der Waals surface area contributed by atoms with Crippen molar-refractivity contribution in [2.75, 3.05) is 13.7 Å². The van der Waals surface area contributed by atoms with Gasteiger partial charge in [0.25, 0.3) is 0 Å². The van der Waals surface area contributed by atoms with Crippen LogP contribution in [-0.2, 0) is 4.74 Å². The Balaban J connectivity index is 3.19. The highest BCUT2D eigenvalue weighted by atomic mass is 16.5. The molecule has 0 aromatic rings. The first-order valence-corrected chi connectivity index (χ1v) is 4.45. The molecule has 0 fully saturated rings. The van der Waals surface area contributed by atoms with Gasteiger partial charge in [0.2, 0.25) is 0 Å². The summed E-state index contributed by atoms with van der Waals surface area (Å²) in [6.07, 6.45) is 4.02. The first-order valence-electron chi connectivity index (χ1n) is 4.45. The zero-order valence-electron chi connectivity index (χ0n) is 8.10. The van der Waals surface area contributed by atoms with E-state index in [0.29, 0.717) is 6.04 Å². The lowest BCUT2D eigenvalue weighted by Gasteiger charge is -2.08. The summed E-state index contributed by atoms with van der Waals surface area (Å²) in [4.78, 5) is 0. The third-order valence-electron chi connectivity index (χ3n) is 1.74. The van der Waals surface area contributed by atoms with Crippen LogP contribution in [-0.4, -0.2) is 19.8 Å². The third-order valence-corrected chi connectivity index (χ3v) is 1.74. The van der Waals surface area contributed by atoms with Crippen LogP contribution in [0.2, 0.25) is 0 Å². The molecule has 1 unspecified atom stereocenters. The Morgan fingerprint density at radius 1 is 1.42 bits per heavy atom. The molecule has 0 saturated carbocycles. The van der Waals surface area contributed by atoms with Crippen molar-refractivity contribution in [1.29, 1.82) is 0 Å². The van der Waals surface area contributed by atoms with E-state index in [4.69, 9.17) is 10.5 Å². The summed E-state index contributed by atoms with van der Waals surface area (Å²) in [5, 5.41) is 0. The van der Waals surface area contributed by atoms with E-state index in [1.165, 1.54) is 0 Å². The van der Waals surface area contributed by atoms with Crippen molar-refractivity contribution in [2.24, 2.45) is 5.73 Å². The van der Waals surface area contributed by atoms with E-state index in [1.54, 1.807) is 7.11 Å². The summed E-state index contributed by atoms with van der Waals surface area (Å²) in [6, 6.07) is 0.293. The Morgan fingerprint density at radius 2 is 2.17 bits per heavy atom. The molecule has 0 rings (SSSR count). The van der Waals surface area contributed by atoms with Gasteiger partial charge in [-0.1, -0.05) is 0 Å². The molecule has 0 bridgehead atoms. The topological polar surface area (TPSA) is 35.2 Å². The van der Waals surface area contributed by atoms with Gasteiger partial charge in [0, 0.05) is 26.2 Å². The molecule has 0 aliphatic rings. The monoisotopic (exact) mass is 169 g/mol. The van der Waals surface area contributed by atoms with Gasteiger partial charge >= 0.3 is 0 Å². The molecule has 0 radical (unpaired) electrons. The van der Waals surface area contributed by atoms with Crippen molar-refractivity contribution in [3.05, 3.63) is 0 Å². The van der Waals surface area contributed by atoms with Crippen molar-refractivity contribution >= 4 is 0 Å². The van der Waals surface area contributed by atoms with Gasteiger partial charge in [-0.25, -0.2) is 0 Å². The highest BCUT2D eigenvalue weighted by molar-refractivity contribution is 4.95. The van der Waals surface area contributed by atoms with Crippen LogP contribution in [0.1, 0.15) is 32.6 Å². The van der Waals surface area contributed by atoms with E-state index in [9.17, 15) is 0 Å². The minimum atomic E-state index is 0.293. The van der Waals surface area contributed by atoms with E-state index >= 15 is 0 Å². The lowest BCUT2D eigenvalue weighted by molar-refractivity contribution is 0.190. The number of methoxy groups -OCH3 is 1. The number of hydrogen-bond donors (Lipinski definition) is 1. The van der Waals surface area contributed by atoms with Crippen molar-refractivity contribution in [2.45, 2.75) is 38.6 Å². The Kier molecular flexibility index (Phi) is 8.20. The maximum Gasteiger partial charge on any atom is 0.0462 e. The van der Waals surface area contributed by atoms with Gasteiger partial charge in [0.15, 0.2) is 0 Å². The maximum atomic E-state index is 5.83. The van der Waals surface area contributed by atoms with E-state index in [2.05, 4.69) is 11.8 Å². The molecule has 0 saturated heterocycles. The van der Waals surface area contributed by atoms with Crippen molar-refractivity contribution < 1.29 is 4.74 Å². The highest BCUT2D eigenvalue weighted by Gasteiger charge is 1.99. The minimum absolute atomic E-state index is 0.293.